The van der Waals surface area contributed by atoms with Crippen LogP contribution in [0.5, 0.6) is 0 Å². The molecule has 10 heteroatoms. The van der Waals surface area contributed by atoms with Crippen molar-refractivity contribution in [3.63, 3.8) is 0 Å². The van der Waals surface area contributed by atoms with Gasteiger partial charge in [-0.05, 0) is 48.1 Å². The second kappa shape index (κ2) is 7.42. The molecule has 0 unspecified atom stereocenters. The number of thioether (sulfide) groups is 1. The van der Waals surface area contributed by atoms with E-state index in [0.29, 0.717) is 16.0 Å². The normalized spacial score (nSPS) is 15.4. The largest absolute Gasteiger partial charge is 0.285 e. The molecule has 0 radical (unpaired) electrons. The molecule has 2 amide bonds. The van der Waals surface area contributed by atoms with Crippen molar-refractivity contribution in [2.24, 2.45) is 0 Å². The van der Waals surface area contributed by atoms with Gasteiger partial charge in [0.2, 0.25) is 0 Å². The van der Waals surface area contributed by atoms with Gasteiger partial charge < -0.3 is 0 Å². The lowest BCUT2D eigenvalue weighted by Gasteiger charge is -2.15. The van der Waals surface area contributed by atoms with Crippen LogP contribution >= 0.6 is 24.0 Å². The highest BCUT2D eigenvalue weighted by Gasteiger charge is 2.33. The molecular formula is C16H10N4O4S2. The van der Waals surface area contributed by atoms with Crippen LogP contribution in [0, 0.1) is 10.1 Å². The molecule has 0 bridgehead atoms. The van der Waals surface area contributed by atoms with Crippen LogP contribution < -0.4 is 5.43 Å². The molecule has 1 N–H and O–H groups in total. The minimum atomic E-state index is -0.502. The number of thiocarbonyl (C=S) groups is 1. The standard InChI is InChI=1S/C16H10N4O4S2/c21-14(11-5-7-17-8-6-11)18-19-15(22)13(26-16(19)25)9-10-1-3-12(4-2-10)20(23)24/h1-9H,(H,18,21)/b13-9-. The van der Waals surface area contributed by atoms with E-state index in [2.05, 4.69) is 10.4 Å². The van der Waals surface area contributed by atoms with Gasteiger partial charge in [-0.3, -0.25) is 30.1 Å². The molecule has 2 heterocycles. The predicted molar refractivity (Wildman–Crippen MR) is 99.8 cm³/mol. The Kier molecular flexibility index (Phi) is 5.05. The van der Waals surface area contributed by atoms with E-state index in [-0.39, 0.29) is 10.0 Å². The number of benzene rings is 1. The van der Waals surface area contributed by atoms with Crippen molar-refractivity contribution in [2.75, 3.05) is 0 Å². The quantitative estimate of drug-likeness (QED) is 0.372. The van der Waals surface area contributed by atoms with Gasteiger partial charge in [-0.1, -0.05) is 11.8 Å². The van der Waals surface area contributed by atoms with Gasteiger partial charge in [0.1, 0.15) is 0 Å². The molecule has 0 aliphatic carbocycles. The number of carbonyl (C=O) groups is 2. The molecule has 130 valence electrons. The van der Waals surface area contributed by atoms with Crippen molar-refractivity contribution in [1.82, 2.24) is 15.4 Å². The molecule has 3 rings (SSSR count). The topological polar surface area (TPSA) is 105 Å². The monoisotopic (exact) mass is 386 g/mol. The van der Waals surface area contributed by atoms with Crippen molar-refractivity contribution in [3.8, 4) is 0 Å². The molecule has 1 aromatic heterocycles. The number of nitrogens with one attached hydrogen (secondary N) is 1. The van der Waals surface area contributed by atoms with Crippen LogP contribution in [0.15, 0.2) is 53.7 Å². The number of aromatic nitrogens is 1. The number of carbonyl (C=O) groups excluding carboxylic acids is 2. The SMILES string of the molecule is O=C(NN1C(=O)/C(=C/c2ccc([N+](=O)[O-])cc2)SC1=S)c1ccncc1. The lowest BCUT2D eigenvalue weighted by atomic mass is 10.2. The minimum Gasteiger partial charge on any atom is -0.267 e. The smallest absolute Gasteiger partial charge is 0.267 e. The summed E-state index contributed by atoms with van der Waals surface area (Å²) in [5.41, 5.74) is 3.37. The number of pyridine rings is 1. The number of nitro groups is 1. The summed E-state index contributed by atoms with van der Waals surface area (Å²) in [5.74, 6) is -0.957. The second-order valence-corrected chi connectivity index (χ2v) is 6.72. The third-order valence-corrected chi connectivity index (χ3v) is 4.65. The first-order chi connectivity index (χ1) is 12.5. The van der Waals surface area contributed by atoms with E-state index in [9.17, 15) is 19.7 Å². The zero-order chi connectivity index (χ0) is 18.7. The Morgan fingerprint density at radius 3 is 2.50 bits per heavy atom. The van der Waals surface area contributed by atoms with Gasteiger partial charge in [-0.2, -0.15) is 5.01 Å². The maximum Gasteiger partial charge on any atom is 0.285 e. The Labute approximate surface area is 157 Å². The zero-order valence-electron chi connectivity index (χ0n) is 13.0. The van der Waals surface area contributed by atoms with Crippen LogP contribution in [-0.2, 0) is 4.79 Å². The summed E-state index contributed by atoms with van der Waals surface area (Å²) >= 11 is 6.18. The summed E-state index contributed by atoms with van der Waals surface area (Å²) in [6, 6.07) is 8.77. The van der Waals surface area contributed by atoms with Crippen molar-refractivity contribution in [3.05, 3.63) is 74.9 Å². The summed E-state index contributed by atoms with van der Waals surface area (Å²) in [5, 5.41) is 11.7. The molecule has 0 saturated carbocycles. The van der Waals surface area contributed by atoms with Crippen LogP contribution in [0.4, 0.5) is 5.69 Å². The van der Waals surface area contributed by atoms with Gasteiger partial charge in [0.15, 0.2) is 4.32 Å². The lowest BCUT2D eigenvalue weighted by Crippen LogP contribution is -2.44. The number of amides is 2. The summed E-state index contributed by atoms with van der Waals surface area (Å²) in [4.78, 5) is 39.0. The van der Waals surface area contributed by atoms with E-state index in [1.807, 2.05) is 0 Å². The van der Waals surface area contributed by atoms with E-state index in [4.69, 9.17) is 12.2 Å². The molecule has 1 saturated heterocycles. The molecular weight excluding hydrogens is 376 g/mol. The molecule has 1 aliphatic rings. The molecule has 1 aromatic carbocycles. The summed E-state index contributed by atoms with van der Waals surface area (Å²) < 4.78 is 0.186. The number of non-ortho nitro benzene ring substituents is 1. The third kappa shape index (κ3) is 3.76. The third-order valence-electron chi connectivity index (χ3n) is 3.35. The Hall–Kier alpha value is -3.11. The van der Waals surface area contributed by atoms with Gasteiger partial charge in [-0.15, -0.1) is 0 Å². The van der Waals surface area contributed by atoms with Gasteiger partial charge in [0, 0.05) is 30.1 Å². The minimum absolute atomic E-state index is 0.0423. The first kappa shape index (κ1) is 17.7. The summed E-state index contributed by atoms with van der Waals surface area (Å²) in [7, 11) is 0. The van der Waals surface area contributed by atoms with E-state index in [0.717, 1.165) is 16.8 Å². The van der Waals surface area contributed by atoms with Gasteiger partial charge >= 0.3 is 0 Å². The summed E-state index contributed by atoms with van der Waals surface area (Å²) in [6.45, 7) is 0. The fraction of sp³-hybridized carbons (Fsp3) is 0. The fourth-order valence-corrected chi connectivity index (χ4v) is 3.26. The average Bonchev–Trinajstić information content (AvgIpc) is 2.90. The second-order valence-electron chi connectivity index (χ2n) is 5.04. The number of nitrogens with zero attached hydrogens (tertiary/aromatic N) is 3. The molecule has 8 nitrogen and oxygen atoms in total. The van der Waals surface area contributed by atoms with E-state index >= 15 is 0 Å². The number of hydrogen-bond acceptors (Lipinski definition) is 7. The first-order valence-corrected chi connectivity index (χ1v) is 8.41. The van der Waals surface area contributed by atoms with E-state index in [1.54, 1.807) is 6.08 Å². The highest BCUT2D eigenvalue weighted by Crippen LogP contribution is 2.31. The maximum absolute atomic E-state index is 12.5. The lowest BCUT2D eigenvalue weighted by molar-refractivity contribution is -0.384. The fourth-order valence-electron chi connectivity index (χ4n) is 2.08. The van der Waals surface area contributed by atoms with Crippen molar-refractivity contribution in [1.29, 1.82) is 0 Å². The first-order valence-electron chi connectivity index (χ1n) is 7.19. The van der Waals surface area contributed by atoms with E-state index in [1.165, 1.54) is 48.8 Å². The summed E-state index contributed by atoms with van der Waals surface area (Å²) in [6.07, 6.45) is 4.49. The number of rotatable bonds is 4. The van der Waals surface area contributed by atoms with Crippen LogP contribution in [0.25, 0.3) is 6.08 Å². The Bertz CT molecular complexity index is 929. The molecule has 1 fully saturated rings. The average molecular weight is 386 g/mol. The van der Waals surface area contributed by atoms with Crippen LogP contribution in [0.3, 0.4) is 0 Å². The van der Waals surface area contributed by atoms with Gasteiger partial charge in [0.05, 0.1) is 9.83 Å². The predicted octanol–water partition coefficient (Wildman–Crippen LogP) is 2.54. The molecule has 2 aromatic rings. The molecule has 1 aliphatic heterocycles. The highest BCUT2D eigenvalue weighted by molar-refractivity contribution is 8.26. The molecule has 0 spiro atoms. The Morgan fingerprint density at radius 1 is 1.23 bits per heavy atom. The highest BCUT2D eigenvalue weighted by atomic mass is 32.2. The molecule has 0 atom stereocenters. The van der Waals surface area contributed by atoms with Crippen LogP contribution in [0.2, 0.25) is 0 Å². The van der Waals surface area contributed by atoms with Crippen LogP contribution in [0.1, 0.15) is 15.9 Å². The zero-order valence-corrected chi connectivity index (χ0v) is 14.6. The number of nitro benzene ring substituents is 1. The van der Waals surface area contributed by atoms with Gasteiger partial charge in [0.25, 0.3) is 17.5 Å². The Balaban J connectivity index is 1.76. The number of hydrazine groups is 1. The van der Waals surface area contributed by atoms with Crippen LogP contribution in [-0.4, -0.2) is 31.1 Å². The molecule has 26 heavy (non-hydrogen) atoms. The van der Waals surface area contributed by atoms with E-state index < -0.39 is 16.7 Å². The van der Waals surface area contributed by atoms with Gasteiger partial charge in [-0.25, -0.2) is 0 Å². The maximum atomic E-state index is 12.5. The Morgan fingerprint density at radius 2 is 1.88 bits per heavy atom. The van der Waals surface area contributed by atoms with Crippen molar-refractivity contribution in [2.45, 2.75) is 0 Å². The van der Waals surface area contributed by atoms with Crippen molar-refractivity contribution < 1.29 is 14.5 Å². The number of hydrogen-bond donors (Lipinski definition) is 1. The van der Waals surface area contributed by atoms with Crippen molar-refractivity contribution >= 4 is 51.9 Å².